The van der Waals surface area contributed by atoms with E-state index in [1.807, 2.05) is 12.1 Å². The molecule has 0 unspecified atom stereocenters. The lowest BCUT2D eigenvalue weighted by atomic mass is 10.1. The van der Waals surface area contributed by atoms with Crippen LogP contribution in [-0.4, -0.2) is 6.61 Å². The molecule has 0 atom stereocenters. The highest BCUT2D eigenvalue weighted by molar-refractivity contribution is 5.24. The fraction of sp³-hybridized carbons (Fsp3) is 0.250. The lowest BCUT2D eigenvalue weighted by Crippen LogP contribution is -2.05. The van der Waals surface area contributed by atoms with Gasteiger partial charge in [0.15, 0.2) is 0 Å². The number of alkyl halides is 3. The molecule has 0 amide bonds. The molecule has 0 spiro atoms. The summed E-state index contributed by atoms with van der Waals surface area (Å²) in [4.78, 5) is 0. The average molecular weight is 279 g/mol. The van der Waals surface area contributed by atoms with Gasteiger partial charge in [0.2, 0.25) is 0 Å². The lowest BCUT2D eigenvalue weighted by Gasteiger charge is -2.08. The first-order chi connectivity index (χ1) is 9.55. The molecule has 0 heterocycles. The largest absolute Gasteiger partial charge is 0.494 e. The van der Waals surface area contributed by atoms with Gasteiger partial charge in [-0.15, -0.1) is 0 Å². The number of hydrogen-bond donors (Lipinski definition) is 0. The number of rotatable bonds is 5. The fourth-order valence-corrected chi connectivity index (χ4v) is 1.79. The van der Waals surface area contributed by atoms with Gasteiger partial charge in [-0.25, -0.2) is 0 Å². The van der Waals surface area contributed by atoms with E-state index in [1.165, 1.54) is 12.1 Å². The molecule has 20 heavy (non-hydrogen) atoms. The van der Waals surface area contributed by atoms with Crippen LogP contribution in [0.1, 0.15) is 17.5 Å². The third kappa shape index (κ3) is 4.30. The Morgan fingerprint density at radius 3 is 2.20 bits per heavy atom. The second-order valence-electron chi connectivity index (χ2n) is 4.38. The Balaban J connectivity index is 1.77. The first kappa shape index (κ1) is 14.4. The normalized spacial score (nSPS) is 11.3. The molecule has 105 valence electrons. The van der Waals surface area contributed by atoms with Crippen LogP contribution in [0.4, 0.5) is 13.2 Å². The van der Waals surface area contributed by atoms with Gasteiger partial charge < -0.3 is 4.74 Å². The smallest absolute Gasteiger partial charge is 0.416 e. The van der Waals surface area contributed by atoms with Crippen molar-refractivity contribution in [3.63, 3.8) is 0 Å². The highest BCUT2D eigenvalue weighted by Crippen LogP contribution is 2.29. The van der Waals surface area contributed by atoms with Crippen LogP contribution in [0.2, 0.25) is 0 Å². The molecule has 2 aromatic rings. The molecule has 0 fully saturated rings. The van der Waals surface area contributed by atoms with Crippen molar-refractivity contribution in [2.45, 2.75) is 19.0 Å². The zero-order valence-electron chi connectivity index (χ0n) is 10.8. The van der Waals surface area contributed by atoms with E-state index >= 15 is 0 Å². The molecule has 2 aromatic carbocycles. The van der Waals surface area contributed by atoms with Crippen LogP contribution in [0.25, 0.3) is 0 Å². The van der Waals surface area contributed by atoms with Gasteiger partial charge in [-0.1, -0.05) is 24.3 Å². The van der Waals surface area contributed by atoms with Crippen molar-refractivity contribution in [3.05, 3.63) is 65.7 Å². The molecule has 1 radical (unpaired) electrons. The number of aryl methyl sites for hydroxylation is 1. The van der Waals surface area contributed by atoms with E-state index in [2.05, 4.69) is 6.07 Å². The predicted octanol–water partition coefficient (Wildman–Crippen LogP) is 4.52. The van der Waals surface area contributed by atoms with E-state index < -0.39 is 11.7 Å². The summed E-state index contributed by atoms with van der Waals surface area (Å²) in [5.74, 6) is 0.774. The number of hydrogen-bond acceptors (Lipinski definition) is 1. The minimum Gasteiger partial charge on any atom is -0.494 e. The van der Waals surface area contributed by atoms with Crippen molar-refractivity contribution in [1.82, 2.24) is 0 Å². The zero-order valence-corrected chi connectivity index (χ0v) is 10.8. The maximum absolute atomic E-state index is 12.4. The second-order valence-corrected chi connectivity index (χ2v) is 4.38. The van der Waals surface area contributed by atoms with Gasteiger partial charge in [0.1, 0.15) is 5.75 Å². The van der Waals surface area contributed by atoms with Crippen LogP contribution >= 0.6 is 0 Å². The van der Waals surface area contributed by atoms with Crippen molar-refractivity contribution in [1.29, 1.82) is 0 Å². The molecule has 0 saturated heterocycles. The van der Waals surface area contributed by atoms with E-state index in [0.29, 0.717) is 13.0 Å². The molecule has 1 nitrogen and oxygen atoms in total. The Kier molecular flexibility index (Phi) is 4.66. The van der Waals surface area contributed by atoms with Gasteiger partial charge in [-0.2, -0.15) is 13.2 Å². The van der Waals surface area contributed by atoms with Crippen LogP contribution in [-0.2, 0) is 12.6 Å². The van der Waals surface area contributed by atoms with Crippen molar-refractivity contribution in [2.24, 2.45) is 0 Å². The fourth-order valence-electron chi connectivity index (χ4n) is 1.79. The summed E-state index contributed by atoms with van der Waals surface area (Å²) in [5, 5.41) is 0. The molecule has 0 aliphatic rings. The van der Waals surface area contributed by atoms with Crippen LogP contribution in [0.3, 0.4) is 0 Å². The summed E-state index contributed by atoms with van der Waals surface area (Å²) in [6.07, 6.45) is -2.83. The van der Waals surface area contributed by atoms with Crippen LogP contribution < -0.4 is 4.74 Å². The third-order valence-electron chi connectivity index (χ3n) is 2.85. The minimum atomic E-state index is -4.27. The Morgan fingerprint density at radius 2 is 1.60 bits per heavy atom. The van der Waals surface area contributed by atoms with Crippen LogP contribution in [0.15, 0.2) is 48.5 Å². The Morgan fingerprint density at radius 1 is 0.950 bits per heavy atom. The quantitative estimate of drug-likeness (QED) is 0.731. The molecular weight excluding hydrogens is 265 g/mol. The summed E-state index contributed by atoms with van der Waals surface area (Å²) in [5.41, 5.74) is 0.265. The average Bonchev–Trinajstić information content (AvgIpc) is 2.44. The SMILES string of the molecule is FC(F)(F)c1ccc(CCCOc2cc[c]cc2)cc1. The maximum Gasteiger partial charge on any atom is 0.416 e. The Labute approximate surface area is 116 Å². The monoisotopic (exact) mass is 279 g/mol. The van der Waals surface area contributed by atoms with Gasteiger partial charge >= 0.3 is 6.18 Å². The second kappa shape index (κ2) is 6.46. The summed E-state index contributed by atoms with van der Waals surface area (Å²) >= 11 is 0. The third-order valence-corrected chi connectivity index (χ3v) is 2.85. The Bertz CT molecular complexity index is 518. The van der Waals surface area contributed by atoms with Crippen molar-refractivity contribution >= 4 is 0 Å². The van der Waals surface area contributed by atoms with E-state index in [-0.39, 0.29) is 0 Å². The van der Waals surface area contributed by atoms with E-state index in [4.69, 9.17) is 4.74 Å². The van der Waals surface area contributed by atoms with E-state index in [1.54, 1.807) is 12.1 Å². The number of benzene rings is 2. The molecule has 0 aromatic heterocycles. The highest BCUT2D eigenvalue weighted by Gasteiger charge is 2.29. The predicted molar refractivity (Wildman–Crippen MR) is 70.5 cm³/mol. The van der Waals surface area contributed by atoms with Crippen LogP contribution in [0, 0.1) is 6.07 Å². The van der Waals surface area contributed by atoms with Crippen molar-refractivity contribution in [2.75, 3.05) is 6.61 Å². The summed E-state index contributed by atoms with van der Waals surface area (Å²) < 4.78 is 42.7. The summed E-state index contributed by atoms with van der Waals surface area (Å²) in [7, 11) is 0. The number of halogens is 3. The maximum atomic E-state index is 12.4. The molecule has 2 rings (SSSR count). The molecular formula is C16H14F3O. The van der Waals surface area contributed by atoms with E-state index in [0.717, 1.165) is 29.9 Å². The Hall–Kier alpha value is -1.97. The minimum absolute atomic E-state index is 0.533. The van der Waals surface area contributed by atoms with Crippen molar-refractivity contribution < 1.29 is 17.9 Å². The van der Waals surface area contributed by atoms with Crippen LogP contribution in [0.5, 0.6) is 5.75 Å². The van der Waals surface area contributed by atoms with Gasteiger partial charge in [0, 0.05) is 0 Å². The molecule has 0 bridgehead atoms. The molecule has 0 aliphatic heterocycles. The zero-order chi connectivity index (χ0) is 14.4. The number of ether oxygens (including phenoxy) is 1. The molecule has 4 heteroatoms. The van der Waals surface area contributed by atoms with Gasteiger partial charge in [-0.3, -0.25) is 0 Å². The van der Waals surface area contributed by atoms with E-state index in [9.17, 15) is 13.2 Å². The lowest BCUT2D eigenvalue weighted by molar-refractivity contribution is -0.137. The topological polar surface area (TPSA) is 9.23 Å². The molecule has 0 aliphatic carbocycles. The van der Waals surface area contributed by atoms with Crippen molar-refractivity contribution in [3.8, 4) is 5.75 Å². The summed E-state index contributed by atoms with van der Waals surface area (Å²) in [6, 6.07) is 15.3. The molecule has 0 saturated carbocycles. The first-order valence-corrected chi connectivity index (χ1v) is 6.31. The highest BCUT2D eigenvalue weighted by atomic mass is 19.4. The van der Waals surface area contributed by atoms with Gasteiger partial charge in [0.05, 0.1) is 12.2 Å². The van der Waals surface area contributed by atoms with Gasteiger partial charge in [0.25, 0.3) is 0 Å². The molecule has 0 N–H and O–H groups in total. The standard InChI is InChI=1S/C16H14F3O/c17-16(18,19)14-10-8-13(9-11-14)5-4-12-20-15-6-2-1-3-7-15/h2-3,6-11H,4-5,12H2. The van der Waals surface area contributed by atoms with Gasteiger partial charge in [-0.05, 0) is 48.7 Å². The first-order valence-electron chi connectivity index (χ1n) is 6.31. The summed E-state index contributed by atoms with van der Waals surface area (Å²) in [6.45, 7) is 0.533.